The molecule has 0 bridgehead atoms. The van der Waals surface area contributed by atoms with E-state index in [9.17, 15) is 4.79 Å². The van der Waals surface area contributed by atoms with Crippen molar-refractivity contribution in [1.82, 2.24) is 4.98 Å². The highest BCUT2D eigenvalue weighted by Crippen LogP contribution is 2.18. The van der Waals surface area contributed by atoms with Gasteiger partial charge in [-0.25, -0.2) is 4.98 Å². The molecule has 0 aliphatic heterocycles. The highest BCUT2D eigenvalue weighted by atomic mass is 35.5. The van der Waals surface area contributed by atoms with Crippen molar-refractivity contribution in [2.75, 3.05) is 18.5 Å². The number of anilines is 1. The van der Waals surface area contributed by atoms with Gasteiger partial charge in [-0.05, 0) is 6.92 Å². The Morgan fingerprint density at radius 1 is 1.79 bits per heavy atom. The van der Waals surface area contributed by atoms with Gasteiger partial charge in [0.25, 0.3) is 0 Å². The second-order valence-electron chi connectivity index (χ2n) is 2.46. The summed E-state index contributed by atoms with van der Waals surface area (Å²) in [6.45, 7) is 2.72. The van der Waals surface area contributed by atoms with Crippen LogP contribution < -0.4 is 5.32 Å². The normalized spacial score (nSPS) is 9.86. The predicted molar refractivity (Wildman–Crippen MR) is 56.9 cm³/mol. The highest BCUT2D eigenvalue weighted by Gasteiger charge is 2.02. The van der Waals surface area contributed by atoms with Gasteiger partial charge < -0.3 is 10.1 Å². The molecule has 1 aromatic heterocycles. The van der Waals surface area contributed by atoms with E-state index in [0.717, 1.165) is 5.13 Å². The fourth-order valence-electron chi connectivity index (χ4n) is 0.840. The summed E-state index contributed by atoms with van der Waals surface area (Å²) < 4.78 is 4.76. The van der Waals surface area contributed by atoms with Crippen LogP contribution in [0.5, 0.6) is 0 Å². The number of nitrogens with zero attached hydrogens (tertiary/aromatic N) is 1. The predicted octanol–water partition coefficient (Wildman–Crippen LogP) is 2.16. The van der Waals surface area contributed by atoms with E-state index in [4.69, 9.17) is 16.3 Å². The maximum atomic E-state index is 10.9. The number of esters is 1. The van der Waals surface area contributed by atoms with Gasteiger partial charge in [-0.1, -0.05) is 11.6 Å². The molecule has 0 aromatic carbocycles. The SMILES string of the molecule is CCOC(=O)CCNc1nc(Cl)cs1. The van der Waals surface area contributed by atoms with Crippen molar-refractivity contribution in [1.29, 1.82) is 0 Å². The van der Waals surface area contributed by atoms with E-state index in [2.05, 4.69) is 10.3 Å². The summed E-state index contributed by atoms with van der Waals surface area (Å²) in [6.07, 6.45) is 0.338. The Labute approximate surface area is 91.2 Å². The summed E-state index contributed by atoms with van der Waals surface area (Å²) in [5.74, 6) is -0.206. The van der Waals surface area contributed by atoms with Crippen molar-refractivity contribution in [2.24, 2.45) is 0 Å². The molecule has 14 heavy (non-hydrogen) atoms. The lowest BCUT2D eigenvalue weighted by Gasteiger charge is -2.02. The van der Waals surface area contributed by atoms with Gasteiger partial charge in [0, 0.05) is 11.9 Å². The first kappa shape index (κ1) is 11.3. The van der Waals surface area contributed by atoms with E-state index in [1.807, 2.05) is 0 Å². The molecule has 1 rings (SSSR count). The number of carbonyl (C=O) groups excluding carboxylic acids is 1. The standard InChI is InChI=1S/C8H11ClN2O2S/c1-2-13-7(12)3-4-10-8-11-6(9)5-14-8/h5H,2-4H2,1H3,(H,10,11). The maximum absolute atomic E-state index is 10.9. The van der Waals surface area contributed by atoms with E-state index < -0.39 is 0 Å². The molecule has 0 amide bonds. The zero-order chi connectivity index (χ0) is 10.4. The number of thiazole rings is 1. The van der Waals surface area contributed by atoms with Crippen LogP contribution in [0, 0.1) is 0 Å². The highest BCUT2D eigenvalue weighted by molar-refractivity contribution is 7.14. The largest absolute Gasteiger partial charge is 0.466 e. The number of aromatic nitrogens is 1. The fraction of sp³-hybridized carbons (Fsp3) is 0.500. The van der Waals surface area contributed by atoms with Crippen molar-refractivity contribution in [2.45, 2.75) is 13.3 Å². The summed E-state index contributed by atoms with van der Waals surface area (Å²) in [4.78, 5) is 14.9. The molecule has 0 saturated carbocycles. The lowest BCUT2D eigenvalue weighted by atomic mass is 10.4. The number of carbonyl (C=O) groups is 1. The molecule has 0 aliphatic rings. The Bertz CT molecular complexity index is 303. The van der Waals surface area contributed by atoms with E-state index in [1.165, 1.54) is 11.3 Å². The van der Waals surface area contributed by atoms with Gasteiger partial charge >= 0.3 is 5.97 Å². The van der Waals surface area contributed by atoms with Gasteiger partial charge in [-0.3, -0.25) is 4.79 Å². The minimum absolute atomic E-state index is 0.206. The Hall–Kier alpha value is -0.810. The van der Waals surface area contributed by atoms with Crippen LogP contribution in [0.3, 0.4) is 0 Å². The van der Waals surface area contributed by atoms with Gasteiger partial charge in [-0.2, -0.15) is 0 Å². The van der Waals surface area contributed by atoms with E-state index in [-0.39, 0.29) is 5.97 Å². The first-order valence-electron chi connectivity index (χ1n) is 4.23. The van der Waals surface area contributed by atoms with Crippen molar-refractivity contribution < 1.29 is 9.53 Å². The lowest BCUT2D eigenvalue weighted by Crippen LogP contribution is -2.11. The van der Waals surface area contributed by atoms with Crippen molar-refractivity contribution in [3.8, 4) is 0 Å². The van der Waals surface area contributed by atoms with Crippen molar-refractivity contribution in [3.05, 3.63) is 10.5 Å². The van der Waals surface area contributed by atoms with Gasteiger partial charge in [-0.15, -0.1) is 11.3 Å². The number of hydrogen-bond donors (Lipinski definition) is 1. The third-order valence-electron chi connectivity index (χ3n) is 1.39. The molecule has 1 heterocycles. The molecular formula is C8H11ClN2O2S. The summed E-state index contributed by atoms with van der Waals surface area (Å²) in [7, 11) is 0. The maximum Gasteiger partial charge on any atom is 0.307 e. The summed E-state index contributed by atoms with van der Waals surface area (Å²) in [5, 5.41) is 5.90. The average molecular weight is 235 g/mol. The molecule has 0 fully saturated rings. The Morgan fingerprint density at radius 2 is 2.57 bits per heavy atom. The fourth-order valence-corrected chi connectivity index (χ4v) is 1.71. The number of hydrogen-bond acceptors (Lipinski definition) is 5. The summed E-state index contributed by atoms with van der Waals surface area (Å²) >= 11 is 7.03. The molecule has 0 spiro atoms. The molecule has 4 nitrogen and oxygen atoms in total. The first-order valence-corrected chi connectivity index (χ1v) is 5.48. The van der Waals surface area contributed by atoms with Crippen LogP contribution in [-0.2, 0) is 9.53 Å². The van der Waals surface area contributed by atoms with Crippen LogP contribution in [0.25, 0.3) is 0 Å². The number of nitrogens with one attached hydrogen (secondary N) is 1. The molecule has 0 radical (unpaired) electrons. The molecule has 0 aliphatic carbocycles. The van der Waals surface area contributed by atoms with Gasteiger partial charge in [0.05, 0.1) is 13.0 Å². The van der Waals surface area contributed by atoms with Crippen LogP contribution in [0.2, 0.25) is 5.15 Å². The number of halogens is 1. The second kappa shape index (κ2) is 5.82. The van der Waals surface area contributed by atoms with Crippen LogP contribution in [0.4, 0.5) is 5.13 Å². The molecule has 0 saturated heterocycles. The topological polar surface area (TPSA) is 51.2 Å². The third kappa shape index (κ3) is 3.93. The van der Waals surface area contributed by atoms with Crippen LogP contribution in [0.1, 0.15) is 13.3 Å². The Balaban J connectivity index is 2.18. The van der Waals surface area contributed by atoms with E-state index in [1.54, 1.807) is 12.3 Å². The third-order valence-corrected chi connectivity index (χ3v) is 2.51. The van der Waals surface area contributed by atoms with Crippen LogP contribution in [0.15, 0.2) is 5.38 Å². The molecule has 6 heteroatoms. The van der Waals surface area contributed by atoms with Crippen LogP contribution in [-0.4, -0.2) is 24.1 Å². The van der Waals surface area contributed by atoms with Gasteiger partial charge in [0.2, 0.25) is 0 Å². The number of ether oxygens (including phenoxy) is 1. The first-order chi connectivity index (χ1) is 6.72. The van der Waals surface area contributed by atoms with Crippen molar-refractivity contribution in [3.63, 3.8) is 0 Å². The molecule has 78 valence electrons. The van der Waals surface area contributed by atoms with Crippen molar-refractivity contribution >= 4 is 34.0 Å². The minimum Gasteiger partial charge on any atom is -0.466 e. The molecular weight excluding hydrogens is 224 g/mol. The zero-order valence-electron chi connectivity index (χ0n) is 7.75. The minimum atomic E-state index is -0.206. The number of rotatable bonds is 5. The Morgan fingerprint density at radius 3 is 3.14 bits per heavy atom. The smallest absolute Gasteiger partial charge is 0.307 e. The monoisotopic (exact) mass is 234 g/mol. The Kier molecular flexibility index (Phi) is 4.69. The van der Waals surface area contributed by atoms with Crippen LogP contribution >= 0.6 is 22.9 Å². The van der Waals surface area contributed by atoms with Gasteiger partial charge in [0.1, 0.15) is 5.15 Å². The molecule has 0 unspecified atom stereocenters. The van der Waals surface area contributed by atoms with E-state index >= 15 is 0 Å². The summed E-state index contributed by atoms with van der Waals surface area (Å²) in [5.41, 5.74) is 0. The summed E-state index contributed by atoms with van der Waals surface area (Å²) in [6, 6.07) is 0. The molecule has 1 N–H and O–H groups in total. The average Bonchev–Trinajstić information content (AvgIpc) is 2.52. The van der Waals surface area contributed by atoms with E-state index in [0.29, 0.717) is 24.7 Å². The van der Waals surface area contributed by atoms with Gasteiger partial charge in [0.15, 0.2) is 5.13 Å². The lowest BCUT2D eigenvalue weighted by molar-refractivity contribution is -0.142. The molecule has 0 atom stereocenters. The zero-order valence-corrected chi connectivity index (χ0v) is 9.32. The quantitative estimate of drug-likeness (QED) is 0.794. The molecule has 1 aromatic rings. The second-order valence-corrected chi connectivity index (χ2v) is 3.70.